The van der Waals surface area contributed by atoms with Gasteiger partial charge in [0.2, 0.25) is 5.91 Å². The summed E-state index contributed by atoms with van der Waals surface area (Å²) in [6, 6.07) is 10.2. The summed E-state index contributed by atoms with van der Waals surface area (Å²) < 4.78 is 0. The van der Waals surface area contributed by atoms with Crippen molar-refractivity contribution in [1.29, 1.82) is 0 Å². The normalized spacial score (nSPS) is 34.6. The number of hydrogen-bond acceptors (Lipinski definition) is 2. The number of rotatable bonds is 5. The van der Waals surface area contributed by atoms with Gasteiger partial charge in [-0.1, -0.05) is 30.3 Å². The Kier molecular flexibility index (Phi) is 3.92. The second kappa shape index (κ2) is 5.94. The quantitative estimate of drug-likeness (QED) is 0.906. The SMILES string of the molecule is O=C(N(CCO)Cc1ccccc1)C12CC3CC(CC(C3)C1)C2. The van der Waals surface area contributed by atoms with Gasteiger partial charge >= 0.3 is 0 Å². The first kappa shape index (κ1) is 15.2. The number of aliphatic hydroxyl groups excluding tert-OH is 1. The molecule has 1 amide bonds. The minimum Gasteiger partial charge on any atom is -0.395 e. The van der Waals surface area contributed by atoms with E-state index in [2.05, 4.69) is 12.1 Å². The molecule has 3 nitrogen and oxygen atoms in total. The molecule has 124 valence electrons. The molecule has 0 spiro atoms. The van der Waals surface area contributed by atoms with E-state index in [-0.39, 0.29) is 12.0 Å². The van der Waals surface area contributed by atoms with Gasteiger partial charge in [0.05, 0.1) is 12.0 Å². The van der Waals surface area contributed by atoms with Gasteiger partial charge in [-0.15, -0.1) is 0 Å². The number of carbonyl (C=O) groups is 1. The van der Waals surface area contributed by atoms with Crippen molar-refractivity contribution in [2.45, 2.75) is 45.1 Å². The van der Waals surface area contributed by atoms with Crippen molar-refractivity contribution >= 4 is 5.91 Å². The van der Waals surface area contributed by atoms with Crippen LogP contribution in [0.3, 0.4) is 0 Å². The van der Waals surface area contributed by atoms with E-state index in [4.69, 9.17) is 0 Å². The first-order valence-corrected chi connectivity index (χ1v) is 9.13. The molecular weight excluding hydrogens is 286 g/mol. The molecular formula is C20H27NO2. The van der Waals surface area contributed by atoms with Crippen molar-refractivity contribution in [3.8, 4) is 0 Å². The molecule has 0 unspecified atom stereocenters. The molecule has 4 fully saturated rings. The summed E-state index contributed by atoms with van der Waals surface area (Å²) in [5.41, 5.74) is 1.04. The summed E-state index contributed by atoms with van der Waals surface area (Å²) in [7, 11) is 0. The van der Waals surface area contributed by atoms with Crippen molar-refractivity contribution in [3.63, 3.8) is 0 Å². The average Bonchev–Trinajstić information content (AvgIpc) is 2.53. The van der Waals surface area contributed by atoms with Crippen LogP contribution >= 0.6 is 0 Å². The van der Waals surface area contributed by atoms with Crippen molar-refractivity contribution in [3.05, 3.63) is 35.9 Å². The van der Waals surface area contributed by atoms with E-state index in [1.165, 1.54) is 19.3 Å². The highest BCUT2D eigenvalue weighted by Crippen LogP contribution is 2.60. The first-order chi connectivity index (χ1) is 11.2. The monoisotopic (exact) mass is 313 g/mol. The zero-order valence-corrected chi connectivity index (χ0v) is 13.8. The van der Waals surface area contributed by atoms with Gasteiger partial charge in [0.1, 0.15) is 0 Å². The van der Waals surface area contributed by atoms with Gasteiger partial charge in [0, 0.05) is 13.1 Å². The predicted octanol–water partition coefficient (Wildman–Crippen LogP) is 3.22. The third-order valence-electron chi connectivity index (χ3n) is 6.37. The smallest absolute Gasteiger partial charge is 0.229 e. The van der Waals surface area contributed by atoms with E-state index in [0.717, 1.165) is 42.6 Å². The molecule has 4 aliphatic rings. The average molecular weight is 313 g/mol. The van der Waals surface area contributed by atoms with Crippen molar-refractivity contribution in [1.82, 2.24) is 4.90 Å². The largest absolute Gasteiger partial charge is 0.395 e. The summed E-state index contributed by atoms with van der Waals surface area (Å²) in [6.45, 7) is 1.13. The van der Waals surface area contributed by atoms with Crippen molar-refractivity contribution in [2.24, 2.45) is 23.2 Å². The maximum atomic E-state index is 13.4. The molecule has 0 atom stereocenters. The molecule has 0 aromatic heterocycles. The van der Waals surface area contributed by atoms with E-state index < -0.39 is 0 Å². The first-order valence-electron chi connectivity index (χ1n) is 9.13. The standard InChI is InChI=1S/C20H27NO2/c22-7-6-21(14-15-4-2-1-3-5-15)19(23)20-11-16-8-17(12-20)10-18(9-16)13-20/h1-5,16-18,22H,6-14H2. The molecule has 0 saturated heterocycles. The summed E-state index contributed by atoms with van der Waals surface area (Å²) >= 11 is 0. The maximum absolute atomic E-state index is 13.4. The Hall–Kier alpha value is -1.35. The molecule has 1 aromatic rings. The Balaban J connectivity index is 1.55. The third kappa shape index (κ3) is 2.80. The van der Waals surface area contributed by atoms with Gasteiger partial charge in [-0.05, 0) is 61.8 Å². The van der Waals surface area contributed by atoms with Gasteiger partial charge in [-0.3, -0.25) is 4.79 Å². The lowest BCUT2D eigenvalue weighted by Gasteiger charge is -2.56. The van der Waals surface area contributed by atoms with Crippen LogP contribution in [0.5, 0.6) is 0 Å². The Morgan fingerprint density at radius 3 is 2.13 bits per heavy atom. The Morgan fingerprint density at radius 2 is 1.61 bits per heavy atom. The lowest BCUT2D eigenvalue weighted by molar-refractivity contribution is -0.158. The van der Waals surface area contributed by atoms with Crippen LogP contribution < -0.4 is 0 Å². The molecule has 0 radical (unpaired) electrons. The highest BCUT2D eigenvalue weighted by atomic mass is 16.3. The van der Waals surface area contributed by atoms with Gasteiger partial charge < -0.3 is 10.0 Å². The minimum atomic E-state index is -0.112. The molecule has 5 rings (SSSR count). The van der Waals surface area contributed by atoms with Crippen LogP contribution in [0.4, 0.5) is 0 Å². The number of carbonyl (C=O) groups excluding carboxylic acids is 1. The summed E-state index contributed by atoms with van der Waals surface area (Å²) in [5.74, 6) is 2.64. The topological polar surface area (TPSA) is 40.5 Å². The van der Waals surface area contributed by atoms with Gasteiger partial charge in [0.25, 0.3) is 0 Å². The Morgan fingerprint density at radius 1 is 1.04 bits per heavy atom. The van der Waals surface area contributed by atoms with E-state index in [0.29, 0.717) is 19.0 Å². The maximum Gasteiger partial charge on any atom is 0.229 e. The molecule has 0 aliphatic heterocycles. The summed E-state index contributed by atoms with van der Waals surface area (Å²) in [4.78, 5) is 15.3. The van der Waals surface area contributed by atoms with Crippen LogP contribution in [0.25, 0.3) is 0 Å². The fourth-order valence-corrected chi connectivity index (χ4v) is 5.88. The van der Waals surface area contributed by atoms with E-state index in [9.17, 15) is 9.90 Å². The fourth-order valence-electron chi connectivity index (χ4n) is 5.88. The van der Waals surface area contributed by atoms with Crippen LogP contribution in [-0.4, -0.2) is 29.1 Å². The highest BCUT2D eigenvalue weighted by Gasteiger charge is 2.55. The van der Waals surface area contributed by atoms with Crippen molar-refractivity contribution < 1.29 is 9.90 Å². The lowest BCUT2D eigenvalue weighted by atomic mass is 9.49. The number of benzene rings is 1. The third-order valence-corrected chi connectivity index (χ3v) is 6.37. The zero-order valence-electron chi connectivity index (χ0n) is 13.8. The Labute approximate surface area is 138 Å². The number of amides is 1. The van der Waals surface area contributed by atoms with Crippen LogP contribution in [-0.2, 0) is 11.3 Å². The molecule has 23 heavy (non-hydrogen) atoms. The van der Waals surface area contributed by atoms with Gasteiger partial charge in [-0.2, -0.15) is 0 Å². The minimum absolute atomic E-state index is 0.0466. The zero-order chi connectivity index (χ0) is 15.9. The van der Waals surface area contributed by atoms with E-state index >= 15 is 0 Å². The van der Waals surface area contributed by atoms with Gasteiger partial charge in [0.15, 0.2) is 0 Å². The van der Waals surface area contributed by atoms with E-state index in [1.54, 1.807) is 0 Å². The second-order valence-electron chi connectivity index (χ2n) is 8.13. The predicted molar refractivity (Wildman–Crippen MR) is 89.5 cm³/mol. The molecule has 1 aromatic carbocycles. The molecule has 0 heterocycles. The summed E-state index contributed by atoms with van der Waals surface area (Å²) in [6.07, 6.45) is 7.33. The molecule has 4 saturated carbocycles. The number of nitrogens with zero attached hydrogens (tertiary/aromatic N) is 1. The molecule has 3 heteroatoms. The van der Waals surface area contributed by atoms with Crippen molar-refractivity contribution in [2.75, 3.05) is 13.2 Å². The second-order valence-corrected chi connectivity index (χ2v) is 8.13. The summed E-state index contributed by atoms with van der Waals surface area (Å²) in [5, 5.41) is 9.45. The molecule has 4 bridgehead atoms. The van der Waals surface area contributed by atoms with Crippen LogP contribution in [0, 0.1) is 23.2 Å². The van der Waals surface area contributed by atoms with Crippen LogP contribution in [0.15, 0.2) is 30.3 Å². The van der Waals surface area contributed by atoms with E-state index in [1.807, 2.05) is 23.1 Å². The van der Waals surface area contributed by atoms with Crippen LogP contribution in [0.1, 0.15) is 44.1 Å². The lowest BCUT2D eigenvalue weighted by Crippen LogP contribution is -2.54. The fraction of sp³-hybridized carbons (Fsp3) is 0.650. The number of hydrogen-bond donors (Lipinski definition) is 1. The number of aliphatic hydroxyl groups is 1. The molecule has 4 aliphatic carbocycles. The highest BCUT2D eigenvalue weighted by molar-refractivity contribution is 5.83. The Bertz CT molecular complexity index is 533. The molecule has 1 N–H and O–H groups in total. The van der Waals surface area contributed by atoms with Crippen LogP contribution in [0.2, 0.25) is 0 Å². The van der Waals surface area contributed by atoms with Gasteiger partial charge in [-0.25, -0.2) is 0 Å².